The lowest BCUT2D eigenvalue weighted by Crippen LogP contribution is -2.58. The number of likely N-dealkylation sites (N-methyl/N-ethyl adjacent to an activating group) is 2. The molecule has 1 saturated heterocycles. The Morgan fingerprint density at radius 2 is 1.88 bits per heavy atom. The van der Waals surface area contributed by atoms with Crippen LogP contribution >= 0.6 is 0 Å². The fraction of sp³-hybridized carbons (Fsp3) is 0.562. The molecule has 6 nitrogen and oxygen atoms in total. The molecule has 1 fully saturated rings. The third kappa shape index (κ3) is 4.09. The maximum Gasteiger partial charge on any atom is 0.433 e. The van der Waals surface area contributed by atoms with Crippen molar-refractivity contribution in [1.29, 1.82) is 0 Å². The molecule has 2 amide bonds. The number of alkyl halides is 3. The van der Waals surface area contributed by atoms with Gasteiger partial charge in [-0.05, 0) is 26.1 Å². The molecule has 0 aliphatic carbocycles. The highest BCUT2D eigenvalue weighted by molar-refractivity contribution is 5.96. The number of aryl methyl sites for hydroxylation is 1. The maximum atomic E-state index is 12.7. The van der Waals surface area contributed by atoms with E-state index in [1.54, 1.807) is 21.1 Å². The van der Waals surface area contributed by atoms with Gasteiger partial charge >= 0.3 is 6.18 Å². The van der Waals surface area contributed by atoms with Gasteiger partial charge in [-0.15, -0.1) is 0 Å². The second-order valence-electron chi connectivity index (χ2n) is 6.31. The third-order valence-corrected chi connectivity index (χ3v) is 4.27. The largest absolute Gasteiger partial charge is 0.433 e. The van der Waals surface area contributed by atoms with Gasteiger partial charge in [-0.2, -0.15) is 13.2 Å². The molecule has 0 N–H and O–H groups in total. The molecule has 25 heavy (non-hydrogen) atoms. The molecular weight excluding hydrogens is 337 g/mol. The number of aromatic nitrogens is 1. The molecule has 1 aliphatic rings. The monoisotopic (exact) mass is 358 g/mol. The van der Waals surface area contributed by atoms with Crippen molar-refractivity contribution in [3.8, 4) is 0 Å². The van der Waals surface area contributed by atoms with E-state index in [2.05, 4.69) is 4.98 Å². The van der Waals surface area contributed by atoms with Crippen molar-refractivity contribution in [2.75, 3.05) is 40.8 Å². The van der Waals surface area contributed by atoms with Crippen LogP contribution < -0.4 is 0 Å². The highest BCUT2D eigenvalue weighted by atomic mass is 19.4. The number of halogens is 3. The summed E-state index contributed by atoms with van der Waals surface area (Å²) in [6.07, 6.45) is -4.55. The molecule has 1 atom stereocenters. The van der Waals surface area contributed by atoms with Crippen LogP contribution in [0.15, 0.2) is 12.1 Å². The van der Waals surface area contributed by atoms with Crippen LogP contribution in [0.3, 0.4) is 0 Å². The fourth-order valence-electron chi connectivity index (χ4n) is 2.74. The van der Waals surface area contributed by atoms with Crippen molar-refractivity contribution in [1.82, 2.24) is 19.7 Å². The van der Waals surface area contributed by atoms with Gasteiger partial charge in [-0.1, -0.05) is 0 Å². The lowest BCUT2D eigenvalue weighted by Gasteiger charge is -2.39. The molecule has 0 saturated carbocycles. The molecule has 0 radical (unpaired) electrons. The van der Waals surface area contributed by atoms with Gasteiger partial charge in [0.1, 0.15) is 11.7 Å². The SMILES string of the molecule is Cc1nc(C(F)(F)F)ccc1C(=O)N1CCN(C)[C@@H](C(=O)N(C)C)C1. The van der Waals surface area contributed by atoms with Gasteiger partial charge in [-0.25, -0.2) is 4.98 Å². The van der Waals surface area contributed by atoms with Crippen molar-refractivity contribution in [3.05, 3.63) is 29.1 Å². The normalized spacial score (nSPS) is 19.0. The third-order valence-electron chi connectivity index (χ3n) is 4.27. The minimum Gasteiger partial charge on any atom is -0.347 e. The van der Waals surface area contributed by atoms with Crippen molar-refractivity contribution in [2.45, 2.75) is 19.1 Å². The predicted molar refractivity (Wildman–Crippen MR) is 85.0 cm³/mol. The van der Waals surface area contributed by atoms with Gasteiger partial charge in [0.15, 0.2) is 0 Å². The van der Waals surface area contributed by atoms with Gasteiger partial charge in [0.05, 0.1) is 11.3 Å². The maximum absolute atomic E-state index is 12.7. The number of hydrogen-bond donors (Lipinski definition) is 0. The van der Waals surface area contributed by atoms with E-state index >= 15 is 0 Å². The lowest BCUT2D eigenvalue weighted by atomic mass is 10.1. The summed E-state index contributed by atoms with van der Waals surface area (Å²) in [4.78, 5) is 33.2. The zero-order chi connectivity index (χ0) is 18.9. The number of nitrogens with zero attached hydrogens (tertiary/aromatic N) is 4. The van der Waals surface area contributed by atoms with E-state index in [0.29, 0.717) is 13.1 Å². The molecule has 0 bridgehead atoms. The van der Waals surface area contributed by atoms with Crippen LogP contribution in [0.1, 0.15) is 21.7 Å². The van der Waals surface area contributed by atoms with Crippen molar-refractivity contribution in [2.24, 2.45) is 0 Å². The molecule has 1 aromatic rings. The average molecular weight is 358 g/mol. The Morgan fingerprint density at radius 3 is 2.40 bits per heavy atom. The van der Waals surface area contributed by atoms with Gasteiger partial charge in [0.25, 0.3) is 5.91 Å². The summed E-state index contributed by atoms with van der Waals surface area (Å²) in [5, 5.41) is 0. The fourth-order valence-corrected chi connectivity index (χ4v) is 2.74. The Labute approximate surface area is 144 Å². The summed E-state index contributed by atoms with van der Waals surface area (Å²) in [5.41, 5.74) is -0.886. The highest BCUT2D eigenvalue weighted by Crippen LogP contribution is 2.28. The van der Waals surface area contributed by atoms with Crippen molar-refractivity contribution < 1.29 is 22.8 Å². The molecule has 138 valence electrons. The van der Waals surface area contributed by atoms with E-state index in [-0.39, 0.29) is 23.7 Å². The summed E-state index contributed by atoms with van der Waals surface area (Å²) < 4.78 is 38.1. The van der Waals surface area contributed by atoms with E-state index in [9.17, 15) is 22.8 Å². The van der Waals surface area contributed by atoms with Crippen LogP contribution in [0.5, 0.6) is 0 Å². The van der Waals surface area contributed by atoms with Crippen LogP contribution in [0, 0.1) is 6.92 Å². The number of carbonyl (C=O) groups excluding carboxylic acids is 2. The quantitative estimate of drug-likeness (QED) is 0.799. The minimum atomic E-state index is -4.55. The van der Waals surface area contributed by atoms with Crippen LogP contribution in [0.25, 0.3) is 0 Å². The van der Waals surface area contributed by atoms with Crippen LogP contribution in [-0.2, 0) is 11.0 Å². The molecule has 0 aromatic carbocycles. The van der Waals surface area contributed by atoms with E-state index in [1.165, 1.54) is 16.7 Å². The molecular formula is C16H21F3N4O2. The second-order valence-corrected chi connectivity index (χ2v) is 6.31. The highest BCUT2D eigenvalue weighted by Gasteiger charge is 2.35. The number of rotatable bonds is 2. The Hall–Kier alpha value is -2.16. The smallest absolute Gasteiger partial charge is 0.347 e. The van der Waals surface area contributed by atoms with Crippen LogP contribution in [-0.4, -0.2) is 78.3 Å². The number of pyridine rings is 1. The van der Waals surface area contributed by atoms with E-state index in [4.69, 9.17) is 0 Å². The van der Waals surface area contributed by atoms with Crippen LogP contribution in [0.2, 0.25) is 0 Å². The summed E-state index contributed by atoms with van der Waals surface area (Å²) in [6.45, 7) is 2.46. The Morgan fingerprint density at radius 1 is 1.24 bits per heavy atom. The summed E-state index contributed by atoms with van der Waals surface area (Å²) in [6, 6.07) is 1.48. The summed E-state index contributed by atoms with van der Waals surface area (Å²) in [5.74, 6) is -0.536. The molecule has 0 unspecified atom stereocenters. The van der Waals surface area contributed by atoms with Gasteiger partial charge in [0, 0.05) is 33.7 Å². The Balaban J connectivity index is 2.22. The molecule has 9 heteroatoms. The topological polar surface area (TPSA) is 56.8 Å². The molecule has 1 aliphatic heterocycles. The zero-order valence-electron chi connectivity index (χ0n) is 14.6. The average Bonchev–Trinajstić information content (AvgIpc) is 2.53. The standard InChI is InChI=1S/C16H21F3N4O2/c1-10-11(5-6-13(20-10)16(17,18)19)14(24)23-8-7-22(4)12(9-23)15(25)21(2)3/h5-6,12H,7-9H2,1-4H3/t12-/m1/s1. The van der Waals surface area contributed by atoms with Gasteiger partial charge in [-0.3, -0.25) is 14.5 Å². The molecule has 2 heterocycles. The zero-order valence-corrected chi connectivity index (χ0v) is 14.6. The Bertz CT molecular complexity index is 676. The summed E-state index contributed by atoms with van der Waals surface area (Å²) >= 11 is 0. The first-order valence-electron chi connectivity index (χ1n) is 7.78. The van der Waals surface area contributed by atoms with Gasteiger partial charge in [0.2, 0.25) is 5.91 Å². The molecule has 2 rings (SSSR count). The van der Waals surface area contributed by atoms with Gasteiger partial charge < -0.3 is 9.80 Å². The second kappa shape index (κ2) is 6.99. The van der Waals surface area contributed by atoms with Crippen LogP contribution in [0.4, 0.5) is 13.2 Å². The number of amides is 2. The van der Waals surface area contributed by atoms with E-state index in [0.717, 1.165) is 12.1 Å². The molecule has 1 aromatic heterocycles. The first-order chi connectivity index (χ1) is 11.5. The lowest BCUT2D eigenvalue weighted by molar-refractivity contribution is -0.141. The van der Waals surface area contributed by atoms with E-state index in [1.807, 2.05) is 4.90 Å². The first kappa shape index (κ1) is 19.2. The minimum absolute atomic E-state index is 0.0224. The van der Waals surface area contributed by atoms with E-state index < -0.39 is 23.8 Å². The van der Waals surface area contributed by atoms with Crippen molar-refractivity contribution in [3.63, 3.8) is 0 Å². The predicted octanol–water partition coefficient (Wildman–Crippen LogP) is 1.25. The Kier molecular flexibility index (Phi) is 5.36. The van der Waals surface area contributed by atoms with Crippen molar-refractivity contribution >= 4 is 11.8 Å². The number of piperazine rings is 1. The number of hydrogen-bond acceptors (Lipinski definition) is 4. The summed E-state index contributed by atoms with van der Waals surface area (Å²) in [7, 11) is 5.08. The number of carbonyl (C=O) groups is 2. The molecule has 0 spiro atoms. The first-order valence-corrected chi connectivity index (χ1v) is 7.78.